The summed E-state index contributed by atoms with van der Waals surface area (Å²) in [5, 5.41) is 0. The number of rotatable bonds is 6. The molecule has 0 bridgehead atoms. The van der Waals surface area contributed by atoms with E-state index >= 15 is 0 Å². The van der Waals surface area contributed by atoms with Gasteiger partial charge in [-0.15, -0.1) is 0 Å². The van der Waals surface area contributed by atoms with E-state index in [-0.39, 0.29) is 12.4 Å². The Labute approximate surface area is 127 Å². The fourth-order valence-corrected chi connectivity index (χ4v) is 3.05. The lowest BCUT2D eigenvalue weighted by Crippen LogP contribution is -2.48. The van der Waals surface area contributed by atoms with Crippen molar-refractivity contribution in [1.82, 2.24) is 4.72 Å². The van der Waals surface area contributed by atoms with Gasteiger partial charge in [-0.1, -0.05) is 39.0 Å². The van der Waals surface area contributed by atoms with Gasteiger partial charge in [0, 0.05) is 5.56 Å². The van der Waals surface area contributed by atoms with E-state index in [4.69, 9.17) is 4.74 Å². The van der Waals surface area contributed by atoms with Gasteiger partial charge in [-0.25, -0.2) is 13.3 Å². The van der Waals surface area contributed by atoms with Crippen LogP contribution >= 0.6 is 0 Å². The Bertz CT molecular complexity index is 514. The average Bonchev–Trinajstić information content (AvgIpc) is 2.37. The molecule has 0 amide bonds. The van der Waals surface area contributed by atoms with Crippen LogP contribution in [-0.4, -0.2) is 22.8 Å². The molecular formula is C15H22FNO3S. The number of benzene rings is 1. The smallest absolute Gasteiger partial charge is 0.324 e. The first kappa shape index (κ1) is 17.8. The van der Waals surface area contributed by atoms with Gasteiger partial charge >= 0.3 is 5.97 Å². The van der Waals surface area contributed by atoms with Crippen LogP contribution in [0.4, 0.5) is 4.39 Å². The summed E-state index contributed by atoms with van der Waals surface area (Å²) in [6.07, 6.45) is 0. The zero-order chi connectivity index (χ0) is 16.0. The highest BCUT2D eigenvalue weighted by Gasteiger charge is 2.33. The molecule has 0 aliphatic heterocycles. The molecule has 1 rings (SSSR count). The SMILES string of the molecule is CCOC(=O)C(NS(=O)Cc1ccccc1F)C(C)(C)C. The van der Waals surface area contributed by atoms with Gasteiger partial charge in [-0.3, -0.25) is 4.79 Å². The molecule has 0 saturated heterocycles. The van der Waals surface area contributed by atoms with Gasteiger partial charge in [0.15, 0.2) is 0 Å². The predicted octanol–water partition coefficient (Wildman–Crippen LogP) is 2.56. The summed E-state index contributed by atoms with van der Waals surface area (Å²) in [7, 11) is -1.57. The molecule has 118 valence electrons. The number of hydrogen-bond acceptors (Lipinski definition) is 3. The van der Waals surface area contributed by atoms with Crippen molar-refractivity contribution in [2.45, 2.75) is 39.5 Å². The zero-order valence-electron chi connectivity index (χ0n) is 12.8. The van der Waals surface area contributed by atoms with Crippen molar-refractivity contribution < 1.29 is 18.1 Å². The molecule has 0 aromatic heterocycles. The number of carbonyl (C=O) groups excluding carboxylic acids is 1. The molecule has 1 aromatic carbocycles. The van der Waals surface area contributed by atoms with Crippen LogP contribution in [0.3, 0.4) is 0 Å². The highest BCUT2D eigenvalue weighted by Crippen LogP contribution is 2.21. The second-order valence-corrected chi connectivity index (χ2v) is 6.97. The lowest BCUT2D eigenvalue weighted by Gasteiger charge is -2.29. The van der Waals surface area contributed by atoms with Gasteiger partial charge in [-0.05, 0) is 18.4 Å². The van der Waals surface area contributed by atoms with Gasteiger partial charge in [0.1, 0.15) is 11.9 Å². The third-order valence-electron chi connectivity index (χ3n) is 2.88. The van der Waals surface area contributed by atoms with Crippen molar-refractivity contribution in [3.8, 4) is 0 Å². The number of nitrogens with one attached hydrogen (secondary N) is 1. The van der Waals surface area contributed by atoms with Gasteiger partial charge in [0.05, 0.1) is 23.3 Å². The molecule has 0 radical (unpaired) electrons. The van der Waals surface area contributed by atoms with E-state index in [2.05, 4.69) is 4.72 Å². The van der Waals surface area contributed by atoms with E-state index in [0.717, 1.165) is 0 Å². The summed E-state index contributed by atoms with van der Waals surface area (Å²) in [6, 6.07) is 5.43. The maximum absolute atomic E-state index is 13.5. The predicted molar refractivity (Wildman–Crippen MR) is 81.3 cm³/mol. The van der Waals surface area contributed by atoms with E-state index in [1.807, 2.05) is 20.8 Å². The van der Waals surface area contributed by atoms with Crippen molar-refractivity contribution in [2.24, 2.45) is 5.41 Å². The minimum Gasteiger partial charge on any atom is -0.465 e. The molecule has 0 heterocycles. The third kappa shape index (κ3) is 5.55. The Morgan fingerprint density at radius 1 is 1.38 bits per heavy atom. The second-order valence-electron chi connectivity index (χ2n) is 5.75. The largest absolute Gasteiger partial charge is 0.465 e. The standard InChI is InChI=1S/C15H22FNO3S/c1-5-20-14(18)13(15(2,3)4)17-21(19)10-11-8-6-7-9-12(11)16/h6-9,13,17H,5,10H2,1-4H3. The molecule has 4 nitrogen and oxygen atoms in total. The van der Waals surface area contributed by atoms with E-state index in [9.17, 15) is 13.4 Å². The Morgan fingerprint density at radius 2 is 2.00 bits per heavy atom. The monoisotopic (exact) mass is 315 g/mol. The molecule has 6 heteroatoms. The maximum Gasteiger partial charge on any atom is 0.324 e. The van der Waals surface area contributed by atoms with Crippen molar-refractivity contribution in [1.29, 1.82) is 0 Å². The number of halogens is 1. The molecule has 0 aliphatic rings. The molecule has 2 unspecified atom stereocenters. The summed E-state index contributed by atoms with van der Waals surface area (Å²) in [4.78, 5) is 12.0. The van der Waals surface area contributed by atoms with Crippen LogP contribution in [-0.2, 0) is 26.3 Å². The molecule has 21 heavy (non-hydrogen) atoms. The van der Waals surface area contributed by atoms with E-state index < -0.39 is 34.2 Å². The van der Waals surface area contributed by atoms with Crippen molar-refractivity contribution in [3.05, 3.63) is 35.6 Å². The molecule has 2 atom stereocenters. The topological polar surface area (TPSA) is 55.4 Å². The third-order valence-corrected chi connectivity index (χ3v) is 3.95. The molecule has 0 saturated carbocycles. The lowest BCUT2D eigenvalue weighted by molar-refractivity contribution is -0.147. The van der Waals surface area contributed by atoms with Gasteiger partial charge in [0.2, 0.25) is 0 Å². The first-order valence-electron chi connectivity index (χ1n) is 6.80. The summed E-state index contributed by atoms with van der Waals surface area (Å²) in [6.45, 7) is 7.52. The van der Waals surface area contributed by atoms with Crippen LogP contribution < -0.4 is 4.72 Å². The van der Waals surface area contributed by atoms with Gasteiger partial charge < -0.3 is 4.74 Å². The normalized spacial score (nSPS) is 14.5. The summed E-state index contributed by atoms with van der Waals surface area (Å²) in [5.41, 5.74) is -0.114. The van der Waals surface area contributed by atoms with E-state index in [0.29, 0.717) is 5.56 Å². The minimum absolute atomic E-state index is 0.00133. The van der Waals surface area contributed by atoms with Crippen LogP contribution in [0.5, 0.6) is 0 Å². The highest BCUT2D eigenvalue weighted by atomic mass is 32.2. The first-order valence-corrected chi connectivity index (χ1v) is 8.12. The van der Waals surface area contributed by atoms with Gasteiger partial charge in [0.25, 0.3) is 0 Å². The van der Waals surface area contributed by atoms with Gasteiger partial charge in [-0.2, -0.15) is 0 Å². The minimum atomic E-state index is -1.57. The molecule has 0 aliphatic carbocycles. The second kappa shape index (κ2) is 7.66. The van der Waals surface area contributed by atoms with Crippen LogP contribution in [0.25, 0.3) is 0 Å². The summed E-state index contributed by atoms with van der Waals surface area (Å²) in [5.74, 6) is -0.860. The van der Waals surface area contributed by atoms with Crippen molar-refractivity contribution in [3.63, 3.8) is 0 Å². The van der Waals surface area contributed by atoms with E-state index in [1.54, 1.807) is 25.1 Å². The number of ether oxygens (including phenoxy) is 1. The fourth-order valence-electron chi connectivity index (χ4n) is 1.73. The summed E-state index contributed by atoms with van der Waals surface area (Å²) < 4.78 is 33.4. The fraction of sp³-hybridized carbons (Fsp3) is 0.533. The molecule has 1 aromatic rings. The quantitative estimate of drug-likeness (QED) is 0.821. The molecule has 1 N–H and O–H groups in total. The average molecular weight is 315 g/mol. The van der Waals surface area contributed by atoms with Crippen molar-refractivity contribution in [2.75, 3.05) is 6.61 Å². The van der Waals surface area contributed by atoms with Crippen LogP contribution in [0.1, 0.15) is 33.3 Å². The first-order chi connectivity index (χ1) is 9.75. The Hall–Kier alpha value is -1.27. The molecular weight excluding hydrogens is 293 g/mol. The highest BCUT2D eigenvalue weighted by molar-refractivity contribution is 7.82. The summed E-state index contributed by atoms with van der Waals surface area (Å²) >= 11 is 0. The van der Waals surface area contributed by atoms with Crippen LogP contribution in [0, 0.1) is 11.2 Å². The van der Waals surface area contributed by atoms with E-state index in [1.165, 1.54) is 6.07 Å². The Kier molecular flexibility index (Phi) is 6.48. The number of hydrogen-bond donors (Lipinski definition) is 1. The number of carbonyl (C=O) groups is 1. The Balaban J connectivity index is 2.77. The molecule has 0 spiro atoms. The van der Waals surface area contributed by atoms with Crippen molar-refractivity contribution >= 4 is 17.0 Å². The number of esters is 1. The van der Waals surface area contributed by atoms with Crippen LogP contribution in [0.2, 0.25) is 0 Å². The van der Waals surface area contributed by atoms with Crippen LogP contribution in [0.15, 0.2) is 24.3 Å². The lowest BCUT2D eigenvalue weighted by atomic mass is 9.87. The Morgan fingerprint density at radius 3 is 2.52 bits per heavy atom. The zero-order valence-corrected chi connectivity index (χ0v) is 13.6. The molecule has 0 fully saturated rings. The maximum atomic E-state index is 13.5.